The van der Waals surface area contributed by atoms with Gasteiger partial charge in [0.25, 0.3) is 5.91 Å². The molecular weight excluding hydrogens is 244 g/mol. The van der Waals surface area contributed by atoms with Crippen molar-refractivity contribution in [2.75, 3.05) is 13.1 Å². The number of carbonyl (C=O) groups is 2. The standard InChI is InChI=1S/C14H18N2O3/c1-2-12-13(18)15-7-8-16(12)14(19)11-5-3-10(9-17)4-6-11/h3-6,12,17H,2,7-9H2,1H3,(H,15,18). The second-order valence-electron chi connectivity index (χ2n) is 4.57. The lowest BCUT2D eigenvalue weighted by molar-refractivity contribution is -0.127. The quantitative estimate of drug-likeness (QED) is 0.835. The molecule has 0 aromatic heterocycles. The summed E-state index contributed by atoms with van der Waals surface area (Å²) < 4.78 is 0. The van der Waals surface area contributed by atoms with Gasteiger partial charge in [0.2, 0.25) is 5.91 Å². The Labute approximate surface area is 112 Å². The third kappa shape index (κ3) is 2.76. The minimum absolute atomic E-state index is 0.0435. The maximum absolute atomic E-state index is 12.4. The van der Waals surface area contributed by atoms with Crippen LogP contribution >= 0.6 is 0 Å². The molecule has 1 unspecified atom stereocenters. The SMILES string of the molecule is CCC1C(=O)NCCN1C(=O)c1ccc(CO)cc1. The summed E-state index contributed by atoms with van der Waals surface area (Å²) in [4.78, 5) is 25.7. The predicted octanol–water partition coefficient (Wildman–Crippen LogP) is 0.529. The molecule has 0 bridgehead atoms. The number of benzene rings is 1. The minimum Gasteiger partial charge on any atom is -0.392 e. The Bertz CT molecular complexity index is 470. The molecule has 2 N–H and O–H groups in total. The van der Waals surface area contributed by atoms with Crippen molar-refractivity contribution in [2.45, 2.75) is 26.0 Å². The zero-order valence-corrected chi connectivity index (χ0v) is 10.9. The van der Waals surface area contributed by atoms with Gasteiger partial charge < -0.3 is 15.3 Å². The van der Waals surface area contributed by atoms with Crippen LogP contribution in [0.4, 0.5) is 0 Å². The van der Waals surface area contributed by atoms with Crippen molar-refractivity contribution < 1.29 is 14.7 Å². The molecule has 102 valence electrons. The number of nitrogens with one attached hydrogen (secondary N) is 1. The number of piperazine rings is 1. The van der Waals surface area contributed by atoms with Gasteiger partial charge in [0.15, 0.2) is 0 Å². The van der Waals surface area contributed by atoms with E-state index in [4.69, 9.17) is 5.11 Å². The van der Waals surface area contributed by atoms with E-state index in [1.165, 1.54) is 0 Å². The van der Waals surface area contributed by atoms with Gasteiger partial charge in [-0.3, -0.25) is 9.59 Å². The average Bonchev–Trinajstić information content (AvgIpc) is 2.46. The van der Waals surface area contributed by atoms with Gasteiger partial charge in [-0.15, -0.1) is 0 Å². The summed E-state index contributed by atoms with van der Waals surface area (Å²) in [5, 5.41) is 11.8. The van der Waals surface area contributed by atoms with Gasteiger partial charge in [0, 0.05) is 18.7 Å². The first-order valence-corrected chi connectivity index (χ1v) is 6.46. The van der Waals surface area contributed by atoms with E-state index in [-0.39, 0.29) is 18.4 Å². The van der Waals surface area contributed by atoms with Gasteiger partial charge in [-0.25, -0.2) is 0 Å². The molecule has 1 fully saturated rings. The van der Waals surface area contributed by atoms with Crippen LogP contribution in [0.15, 0.2) is 24.3 Å². The molecule has 0 radical (unpaired) electrons. The topological polar surface area (TPSA) is 69.6 Å². The summed E-state index contributed by atoms with van der Waals surface area (Å²) in [6.45, 7) is 2.88. The smallest absolute Gasteiger partial charge is 0.254 e. The number of carbonyl (C=O) groups excluding carboxylic acids is 2. The largest absolute Gasteiger partial charge is 0.392 e. The molecule has 1 aromatic rings. The fourth-order valence-corrected chi connectivity index (χ4v) is 2.28. The number of amides is 2. The second-order valence-corrected chi connectivity index (χ2v) is 4.57. The third-order valence-corrected chi connectivity index (χ3v) is 3.36. The van der Waals surface area contributed by atoms with Crippen molar-refractivity contribution in [2.24, 2.45) is 0 Å². The van der Waals surface area contributed by atoms with Crippen LogP contribution in [0.2, 0.25) is 0 Å². The van der Waals surface area contributed by atoms with Gasteiger partial charge in [-0.1, -0.05) is 19.1 Å². The molecule has 2 rings (SSSR count). The van der Waals surface area contributed by atoms with Crippen LogP contribution < -0.4 is 5.32 Å². The van der Waals surface area contributed by atoms with Crippen molar-refractivity contribution in [3.63, 3.8) is 0 Å². The summed E-state index contributed by atoms with van der Waals surface area (Å²) in [5.74, 6) is -0.222. The highest BCUT2D eigenvalue weighted by atomic mass is 16.3. The Morgan fingerprint density at radius 3 is 2.68 bits per heavy atom. The summed E-state index contributed by atoms with van der Waals surface area (Å²) in [5.41, 5.74) is 1.31. The Hall–Kier alpha value is -1.88. The normalized spacial score (nSPS) is 19.2. The molecule has 2 amide bonds. The summed E-state index contributed by atoms with van der Waals surface area (Å²) in [6.07, 6.45) is 0.603. The van der Waals surface area contributed by atoms with E-state index in [1.807, 2.05) is 6.92 Å². The average molecular weight is 262 g/mol. The fraction of sp³-hybridized carbons (Fsp3) is 0.429. The van der Waals surface area contributed by atoms with Crippen LogP contribution in [0.25, 0.3) is 0 Å². The van der Waals surface area contributed by atoms with Crippen LogP contribution in [0.1, 0.15) is 29.3 Å². The number of aliphatic hydroxyl groups excluding tert-OH is 1. The third-order valence-electron chi connectivity index (χ3n) is 3.36. The van der Waals surface area contributed by atoms with Gasteiger partial charge in [-0.05, 0) is 24.1 Å². The lowest BCUT2D eigenvalue weighted by Gasteiger charge is -2.34. The maximum atomic E-state index is 12.4. The number of rotatable bonds is 3. The van der Waals surface area contributed by atoms with E-state index in [1.54, 1.807) is 29.2 Å². The van der Waals surface area contributed by atoms with E-state index >= 15 is 0 Å². The Morgan fingerprint density at radius 1 is 1.42 bits per heavy atom. The first-order chi connectivity index (χ1) is 9.17. The van der Waals surface area contributed by atoms with Gasteiger partial charge >= 0.3 is 0 Å². The van der Waals surface area contributed by atoms with Crippen molar-refractivity contribution in [3.8, 4) is 0 Å². The molecular formula is C14H18N2O3. The highest BCUT2D eigenvalue weighted by molar-refractivity contribution is 5.98. The lowest BCUT2D eigenvalue weighted by Crippen LogP contribution is -2.56. The van der Waals surface area contributed by atoms with Crippen LogP contribution in [0, 0.1) is 0 Å². The van der Waals surface area contributed by atoms with Crippen LogP contribution in [-0.4, -0.2) is 41.0 Å². The van der Waals surface area contributed by atoms with Crippen LogP contribution in [0.5, 0.6) is 0 Å². The van der Waals surface area contributed by atoms with Crippen LogP contribution in [-0.2, 0) is 11.4 Å². The van der Waals surface area contributed by atoms with E-state index in [2.05, 4.69) is 5.32 Å². The number of aliphatic hydroxyl groups is 1. The molecule has 1 heterocycles. The molecule has 1 aliphatic heterocycles. The highest BCUT2D eigenvalue weighted by Crippen LogP contribution is 2.14. The number of hydrogen-bond acceptors (Lipinski definition) is 3. The fourth-order valence-electron chi connectivity index (χ4n) is 2.28. The molecule has 0 aliphatic carbocycles. The van der Waals surface area contributed by atoms with E-state index in [0.717, 1.165) is 5.56 Å². The van der Waals surface area contributed by atoms with Gasteiger partial charge in [0.05, 0.1) is 6.61 Å². The van der Waals surface area contributed by atoms with E-state index in [0.29, 0.717) is 25.1 Å². The van der Waals surface area contributed by atoms with Crippen molar-refractivity contribution in [3.05, 3.63) is 35.4 Å². The molecule has 5 nitrogen and oxygen atoms in total. The predicted molar refractivity (Wildman–Crippen MR) is 70.5 cm³/mol. The van der Waals surface area contributed by atoms with E-state index < -0.39 is 6.04 Å². The molecule has 1 atom stereocenters. The van der Waals surface area contributed by atoms with Crippen LogP contribution in [0.3, 0.4) is 0 Å². The lowest BCUT2D eigenvalue weighted by atomic mass is 10.1. The maximum Gasteiger partial charge on any atom is 0.254 e. The zero-order chi connectivity index (χ0) is 13.8. The summed E-state index contributed by atoms with van der Waals surface area (Å²) in [7, 11) is 0. The molecule has 0 spiro atoms. The number of hydrogen-bond donors (Lipinski definition) is 2. The monoisotopic (exact) mass is 262 g/mol. The van der Waals surface area contributed by atoms with Crippen molar-refractivity contribution >= 4 is 11.8 Å². The summed E-state index contributed by atoms with van der Waals surface area (Å²) in [6, 6.07) is 6.43. The molecule has 0 saturated carbocycles. The zero-order valence-electron chi connectivity index (χ0n) is 10.9. The Balaban J connectivity index is 2.19. The van der Waals surface area contributed by atoms with Gasteiger partial charge in [-0.2, -0.15) is 0 Å². The minimum atomic E-state index is -0.390. The Kier molecular flexibility index (Phi) is 4.16. The first kappa shape index (κ1) is 13.5. The molecule has 1 aromatic carbocycles. The number of nitrogens with zero attached hydrogens (tertiary/aromatic N) is 1. The second kappa shape index (κ2) is 5.84. The summed E-state index contributed by atoms with van der Waals surface area (Å²) >= 11 is 0. The van der Waals surface area contributed by atoms with Crippen molar-refractivity contribution in [1.82, 2.24) is 10.2 Å². The molecule has 1 aliphatic rings. The molecule has 1 saturated heterocycles. The highest BCUT2D eigenvalue weighted by Gasteiger charge is 2.31. The van der Waals surface area contributed by atoms with E-state index in [9.17, 15) is 9.59 Å². The Morgan fingerprint density at radius 2 is 2.11 bits per heavy atom. The van der Waals surface area contributed by atoms with Crippen molar-refractivity contribution in [1.29, 1.82) is 0 Å². The van der Waals surface area contributed by atoms with Gasteiger partial charge in [0.1, 0.15) is 6.04 Å². The first-order valence-electron chi connectivity index (χ1n) is 6.46. The molecule has 19 heavy (non-hydrogen) atoms. The molecule has 5 heteroatoms.